The molecule has 3 rings (SSSR count). The summed E-state index contributed by atoms with van der Waals surface area (Å²) < 4.78 is 3.89. The van der Waals surface area contributed by atoms with Crippen LogP contribution in [0.1, 0.15) is 30.0 Å². The number of benzene rings is 1. The molecule has 5 heteroatoms. The van der Waals surface area contributed by atoms with Crippen molar-refractivity contribution in [2.45, 2.75) is 32.9 Å². The molecule has 2 N–H and O–H groups in total. The molecule has 0 radical (unpaired) electrons. The number of aromatic nitrogens is 4. The molecule has 5 nitrogen and oxygen atoms in total. The van der Waals surface area contributed by atoms with E-state index in [0.717, 1.165) is 29.1 Å². The van der Waals surface area contributed by atoms with Gasteiger partial charge in [0, 0.05) is 25.4 Å². The van der Waals surface area contributed by atoms with Crippen LogP contribution in [0, 0.1) is 6.92 Å². The van der Waals surface area contributed by atoms with E-state index >= 15 is 0 Å². The molecule has 1 atom stereocenters. The summed E-state index contributed by atoms with van der Waals surface area (Å²) in [5.74, 6) is 0. The Bertz CT molecular complexity index is 768. The van der Waals surface area contributed by atoms with Gasteiger partial charge < -0.3 is 5.73 Å². The van der Waals surface area contributed by atoms with E-state index in [0.29, 0.717) is 6.42 Å². The predicted molar refractivity (Wildman–Crippen MR) is 84.0 cm³/mol. The van der Waals surface area contributed by atoms with Crippen LogP contribution in [0.5, 0.6) is 0 Å². The van der Waals surface area contributed by atoms with Crippen molar-refractivity contribution in [2.24, 2.45) is 12.8 Å². The first kappa shape index (κ1) is 13.8. The zero-order valence-electron chi connectivity index (χ0n) is 12.7. The molecule has 0 spiro atoms. The Hall–Kier alpha value is -2.14. The molecule has 0 fully saturated rings. The van der Waals surface area contributed by atoms with Gasteiger partial charge in [-0.05, 0) is 26.0 Å². The third-order valence-corrected chi connectivity index (χ3v) is 3.86. The second-order valence-corrected chi connectivity index (χ2v) is 5.42. The minimum absolute atomic E-state index is 0.0931. The number of fused-ring (bicyclic) bond motifs is 1. The van der Waals surface area contributed by atoms with E-state index in [1.54, 1.807) is 0 Å². The lowest BCUT2D eigenvalue weighted by molar-refractivity contribution is 0.561. The SMILES string of the molecule is CCn1nc(C)cc1C(N)Cc1nn(C)c2ccccc12. The molecule has 1 aromatic carbocycles. The van der Waals surface area contributed by atoms with Crippen LogP contribution in [0.2, 0.25) is 0 Å². The standard InChI is InChI=1S/C16H21N5/c1-4-21-16(9-11(2)18-21)13(17)10-14-12-7-5-6-8-15(12)20(3)19-14/h5-9,13H,4,10,17H2,1-3H3. The predicted octanol–water partition coefficient (Wildman–Crippen LogP) is 2.34. The van der Waals surface area contributed by atoms with Crippen molar-refractivity contribution in [2.75, 3.05) is 0 Å². The van der Waals surface area contributed by atoms with Crippen LogP contribution in [-0.4, -0.2) is 19.6 Å². The molecule has 0 amide bonds. The van der Waals surface area contributed by atoms with E-state index in [4.69, 9.17) is 5.73 Å². The zero-order chi connectivity index (χ0) is 15.0. The summed E-state index contributed by atoms with van der Waals surface area (Å²) in [4.78, 5) is 0. The van der Waals surface area contributed by atoms with Crippen molar-refractivity contribution >= 4 is 10.9 Å². The fourth-order valence-corrected chi connectivity index (χ4v) is 2.87. The van der Waals surface area contributed by atoms with Crippen molar-refractivity contribution in [3.05, 3.63) is 47.4 Å². The third-order valence-electron chi connectivity index (χ3n) is 3.86. The summed E-state index contributed by atoms with van der Waals surface area (Å²) in [6, 6.07) is 10.2. The van der Waals surface area contributed by atoms with E-state index < -0.39 is 0 Å². The Morgan fingerprint density at radius 2 is 2.00 bits per heavy atom. The largest absolute Gasteiger partial charge is 0.322 e. The van der Waals surface area contributed by atoms with Crippen LogP contribution in [0.3, 0.4) is 0 Å². The first-order chi connectivity index (χ1) is 10.1. The third kappa shape index (κ3) is 2.45. The number of rotatable bonds is 4. The Labute approximate surface area is 124 Å². The summed E-state index contributed by atoms with van der Waals surface area (Å²) in [5, 5.41) is 10.3. The molecule has 0 aliphatic carbocycles. The second kappa shape index (κ2) is 5.33. The van der Waals surface area contributed by atoms with Gasteiger partial charge in [0.1, 0.15) is 0 Å². The summed E-state index contributed by atoms with van der Waals surface area (Å²) in [6.45, 7) is 4.91. The monoisotopic (exact) mass is 283 g/mol. The number of hydrogen-bond donors (Lipinski definition) is 1. The second-order valence-electron chi connectivity index (χ2n) is 5.42. The van der Waals surface area contributed by atoms with Crippen molar-refractivity contribution in [1.29, 1.82) is 0 Å². The van der Waals surface area contributed by atoms with Gasteiger partial charge in [-0.2, -0.15) is 10.2 Å². The maximum absolute atomic E-state index is 6.41. The normalized spacial score (nSPS) is 13.0. The molecular formula is C16H21N5. The van der Waals surface area contributed by atoms with Crippen LogP contribution in [0.25, 0.3) is 10.9 Å². The van der Waals surface area contributed by atoms with E-state index in [9.17, 15) is 0 Å². The van der Waals surface area contributed by atoms with Gasteiger partial charge in [0.05, 0.1) is 28.6 Å². The summed E-state index contributed by atoms with van der Waals surface area (Å²) in [7, 11) is 1.97. The van der Waals surface area contributed by atoms with Gasteiger partial charge in [-0.1, -0.05) is 18.2 Å². The average Bonchev–Trinajstić information content (AvgIpc) is 3.01. The van der Waals surface area contributed by atoms with Gasteiger partial charge in [0.25, 0.3) is 0 Å². The highest BCUT2D eigenvalue weighted by Gasteiger charge is 2.17. The molecule has 3 aromatic rings. The molecule has 2 heterocycles. The fourth-order valence-electron chi connectivity index (χ4n) is 2.87. The molecule has 0 saturated heterocycles. The Kier molecular flexibility index (Phi) is 3.51. The van der Waals surface area contributed by atoms with Crippen molar-refractivity contribution in [3.8, 4) is 0 Å². The van der Waals surface area contributed by atoms with E-state index in [1.165, 1.54) is 5.39 Å². The van der Waals surface area contributed by atoms with Gasteiger partial charge >= 0.3 is 0 Å². The minimum atomic E-state index is -0.0931. The number of nitrogens with zero attached hydrogens (tertiary/aromatic N) is 4. The van der Waals surface area contributed by atoms with E-state index in [1.807, 2.05) is 35.5 Å². The van der Waals surface area contributed by atoms with Crippen LogP contribution < -0.4 is 5.73 Å². The highest BCUT2D eigenvalue weighted by atomic mass is 15.3. The fraction of sp³-hybridized carbons (Fsp3) is 0.375. The molecule has 0 aliphatic rings. The first-order valence-corrected chi connectivity index (χ1v) is 7.30. The molecular weight excluding hydrogens is 262 g/mol. The van der Waals surface area contributed by atoms with Gasteiger partial charge in [-0.3, -0.25) is 9.36 Å². The molecule has 0 saturated carbocycles. The molecule has 1 unspecified atom stereocenters. The van der Waals surface area contributed by atoms with Crippen molar-refractivity contribution < 1.29 is 0 Å². The first-order valence-electron chi connectivity index (χ1n) is 7.30. The van der Waals surface area contributed by atoms with Gasteiger partial charge in [0.15, 0.2) is 0 Å². The quantitative estimate of drug-likeness (QED) is 0.799. The van der Waals surface area contributed by atoms with E-state index in [2.05, 4.69) is 35.3 Å². The lowest BCUT2D eigenvalue weighted by Crippen LogP contribution is -2.18. The van der Waals surface area contributed by atoms with Crippen LogP contribution in [0.15, 0.2) is 30.3 Å². The Balaban J connectivity index is 1.94. The smallest absolute Gasteiger partial charge is 0.0722 e. The average molecular weight is 283 g/mol. The number of hydrogen-bond acceptors (Lipinski definition) is 3. The van der Waals surface area contributed by atoms with Crippen molar-refractivity contribution in [1.82, 2.24) is 19.6 Å². The lowest BCUT2D eigenvalue weighted by Gasteiger charge is -2.12. The van der Waals surface area contributed by atoms with Crippen LogP contribution in [0.4, 0.5) is 0 Å². The van der Waals surface area contributed by atoms with Gasteiger partial charge in [0.2, 0.25) is 0 Å². The number of para-hydroxylation sites is 1. The molecule has 2 aromatic heterocycles. The molecule has 0 bridgehead atoms. The Morgan fingerprint density at radius 3 is 2.76 bits per heavy atom. The lowest BCUT2D eigenvalue weighted by atomic mass is 10.1. The summed E-state index contributed by atoms with van der Waals surface area (Å²) >= 11 is 0. The number of nitrogens with two attached hydrogens (primary N) is 1. The zero-order valence-corrected chi connectivity index (χ0v) is 12.7. The minimum Gasteiger partial charge on any atom is -0.322 e. The topological polar surface area (TPSA) is 61.7 Å². The highest BCUT2D eigenvalue weighted by Crippen LogP contribution is 2.23. The highest BCUT2D eigenvalue weighted by molar-refractivity contribution is 5.81. The molecule has 110 valence electrons. The summed E-state index contributed by atoms with van der Waals surface area (Å²) in [6.07, 6.45) is 0.715. The number of aryl methyl sites for hydroxylation is 3. The van der Waals surface area contributed by atoms with Gasteiger partial charge in [-0.25, -0.2) is 0 Å². The summed E-state index contributed by atoms with van der Waals surface area (Å²) in [5.41, 5.74) is 10.7. The van der Waals surface area contributed by atoms with Crippen LogP contribution in [-0.2, 0) is 20.0 Å². The van der Waals surface area contributed by atoms with Gasteiger partial charge in [-0.15, -0.1) is 0 Å². The Morgan fingerprint density at radius 1 is 1.24 bits per heavy atom. The molecule has 21 heavy (non-hydrogen) atoms. The maximum Gasteiger partial charge on any atom is 0.0722 e. The van der Waals surface area contributed by atoms with Crippen molar-refractivity contribution in [3.63, 3.8) is 0 Å². The van der Waals surface area contributed by atoms with E-state index in [-0.39, 0.29) is 6.04 Å². The molecule has 0 aliphatic heterocycles. The van der Waals surface area contributed by atoms with Crippen LogP contribution >= 0.6 is 0 Å². The maximum atomic E-state index is 6.41.